The first-order valence-corrected chi connectivity index (χ1v) is 9.55. The Labute approximate surface area is 141 Å². The van der Waals surface area contributed by atoms with Crippen LogP contribution >= 0.6 is 0 Å². The Morgan fingerprint density at radius 2 is 2.00 bits per heavy atom. The van der Waals surface area contributed by atoms with Crippen molar-refractivity contribution in [3.63, 3.8) is 0 Å². The molecule has 0 aromatic rings. The maximum atomic E-state index is 11.8. The fraction of sp³-hybridized carbons (Fsp3) is 0.889. The zero-order valence-electron chi connectivity index (χ0n) is 14.9. The van der Waals surface area contributed by atoms with Crippen molar-refractivity contribution in [3.8, 4) is 0 Å². The highest BCUT2D eigenvalue weighted by atomic mass is 16.2. The lowest BCUT2D eigenvalue weighted by Crippen LogP contribution is -2.45. The minimum Gasteiger partial charge on any atom is -0.357 e. The summed E-state index contributed by atoms with van der Waals surface area (Å²) in [7, 11) is 0. The fourth-order valence-corrected chi connectivity index (χ4v) is 3.71. The van der Waals surface area contributed by atoms with Crippen LogP contribution in [0.3, 0.4) is 0 Å². The minimum absolute atomic E-state index is 0.257. The molecule has 1 amide bonds. The molecule has 5 nitrogen and oxygen atoms in total. The maximum Gasteiger partial charge on any atom is 0.222 e. The lowest BCUT2D eigenvalue weighted by Gasteiger charge is -2.18. The quantitative estimate of drug-likeness (QED) is 0.430. The summed E-state index contributed by atoms with van der Waals surface area (Å²) in [4.78, 5) is 18.4. The largest absolute Gasteiger partial charge is 0.357 e. The van der Waals surface area contributed by atoms with Crippen LogP contribution in [0.15, 0.2) is 4.99 Å². The summed E-state index contributed by atoms with van der Waals surface area (Å²) in [5.74, 6) is 2.12. The lowest BCUT2D eigenvalue weighted by atomic mass is 10.0. The molecule has 132 valence electrons. The SMILES string of the molecule is CCNC(=NCCCC1CCCC1)NC1CCN(C(=O)CC)C1. The number of carbonyl (C=O) groups is 1. The molecule has 1 unspecified atom stereocenters. The van der Waals surface area contributed by atoms with E-state index >= 15 is 0 Å². The molecule has 5 heteroatoms. The van der Waals surface area contributed by atoms with E-state index in [1.807, 2.05) is 11.8 Å². The Kier molecular flexibility index (Phi) is 7.69. The zero-order valence-corrected chi connectivity index (χ0v) is 14.9. The topological polar surface area (TPSA) is 56.7 Å². The third kappa shape index (κ3) is 6.04. The number of aliphatic imine (C=N–C) groups is 1. The molecular weight excluding hydrogens is 288 g/mol. The van der Waals surface area contributed by atoms with Crippen LogP contribution in [0.25, 0.3) is 0 Å². The Morgan fingerprint density at radius 1 is 1.22 bits per heavy atom. The van der Waals surface area contributed by atoms with Crippen LogP contribution < -0.4 is 10.6 Å². The van der Waals surface area contributed by atoms with Gasteiger partial charge in [-0.15, -0.1) is 0 Å². The van der Waals surface area contributed by atoms with Crippen LogP contribution in [0.1, 0.15) is 65.2 Å². The summed E-state index contributed by atoms with van der Waals surface area (Å²) in [6.45, 7) is 7.47. The second-order valence-electron chi connectivity index (χ2n) is 6.88. The van der Waals surface area contributed by atoms with Crippen LogP contribution in [0.4, 0.5) is 0 Å². The van der Waals surface area contributed by atoms with Crippen molar-refractivity contribution in [2.75, 3.05) is 26.2 Å². The summed E-state index contributed by atoms with van der Waals surface area (Å²) < 4.78 is 0. The van der Waals surface area contributed by atoms with E-state index in [9.17, 15) is 4.79 Å². The van der Waals surface area contributed by atoms with Crippen molar-refractivity contribution in [1.29, 1.82) is 0 Å². The highest BCUT2D eigenvalue weighted by molar-refractivity contribution is 5.80. The molecule has 1 aliphatic heterocycles. The van der Waals surface area contributed by atoms with Crippen molar-refractivity contribution in [1.82, 2.24) is 15.5 Å². The summed E-state index contributed by atoms with van der Waals surface area (Å²) in [5.41, 5.74) is 0. The van der Waals surface area contributed by atoms with Crippen molar-refractivity contribution >= 4 is 11.9 Å². The molecule has 23 heavy (non-hydrogen) atoms. The number of hydrogen-bond acceptors (Lipinski definition) is 2. The molecule has 1 aliphatic carbocycles. The molecule has 0 bridgehead atoms. The molecule has 2 N–H and O–H groups in total. The molecular formula is C18H34N4O. The van der Waals surface area contributed by atoms with Crippen LogP contribution in [-0.4, -0.2) is 49.0 Å². The van der Waals surface area contributed by atoms with Gasteiger partial charge in [0.2, 0.25) is 5.91 Å². The molecule has 0 radical (unpaired) electrons. The van der Waals surface area contributed by atoms with E-state index in [1.54, 1.807) is 0 Å². The monoisotopic (exact) mass is 322 g/mol. The highest BCUT2D eigenvalue weighted by Gasteiger charge is 2.25. The second kappa shape index (κ2) is 9.78. The van der Waals surface area contributed by atoms with Crippen molar-refractivity contribution in [2.45, 2.75) is 71.3 Å². The van der Waals surface area contributed by atoms with E-state index in [-0.39, 0.29) is 5.91 Å². The molecule has 0 spiro atoms. The standard InChI is InChI=1S/C18H34N4O/c1-3-17(23)22-13-11-16(14-22)21-18(19-4-2)20-12-7-10-15-8-5-6-9-15/h15-16H,3-14H2,1-2H3,(H2,19,20,21). The van der Waals surface area contributed by atoms with E-state index in [1.165, 1.54) is 38.5 Å². The summed E-state index contributed by atoms with van der Waals surface area (Å²) in [6.07, 6.45) is 9.81. The van der Waals surface area contributed by atoms with Gasteiger partial charge in [0.1, 0.15) is 0 Å². The van der Waals surface area contributed by atoms with Crippen molar-refractivity contribution in [3.05, 3.63) is 0 Å². The Balaban J connectivity index is 1.72. The first kappa shape index (κ1) is 18.1. The smallest absolute Gasteiger partial charge is 0.222 e. The summed E-state index contributed by atoms with van der Waals surface area (Å²) in [5, 5.41) is 6.83. The number of guanidine groups is 1. The third-order valence-electron chi connectivity index (χ3n) is 5.04. The van der Waals surface area contributed by atoms with Gasteiger partial charge in [0, 0.05) is 38.6 Å². The Bertz CT molecular complexity index is 390. The predicted molar refractivity (Wildman–Crippen MR) is 95.6 cm³/mol. The van der Waals surface area contributed by atoms with Crippen LogP contribution in [-0.2, 0) is 4.79 Å². The molecule has 2 aliphatic rings. The van der Waals surface area contributed by atoms with Gasteiger partial charge in [0.25, 0.3) is 0 Å². The molecule has 1 heterocycles. The molecule has 1 saturated heterocycles. The predicted octanol–water partition coefficient (Wildman–Crippen LogP) is 2.52. The number of likely N-dealkylation sites (tertiary alicyclic amines) is 1. The van der Waals surface area contributed by atoms with Gasteiger partial charge in [-0.25, -0.2) is 0 Å². The van der Waals surface area contributed by atoms with Gasteiger partial charge < -0.3 is 15.5 Å². The normalized spacial score (nSPS) is 22.6. The van der Waals surface area contributed by atoms with Crippen LogP contribution in [0.5, 0.6) is 0 Å². The molecule has 0 aromatic heterocycles. The van der Waals surface area contributed by atoms with Gasteiger partial charge in [0.05, 0.1) is 0 Å². The summed E-state index contributed by atoms with van der Waals surface area (Å²) in [6, 6.07) is 0.332. The van der Waals surface area contributed by atoms with E-state index in [4.69, 9.17) is 4.99 Å². The lowest BCUT2D eigenvalue weighted by molar-refractivity contribution is -0.129. The number of amides is 1. The van der Waals surface area contributed by atoms with Crippen LogP contribution in [0, 0.1) is 5.92 Å². The highest BCUT2D eigenvalue weighted by Crippen LogP contribution is 2.28. The van der Waals surface area contributed by atoms with Crippen molar-refractivity contribution < 1.29 is 4.79 Å². The Morgan fingerprint density at radius 3 is 2.70 bits per heavy atom. The van der Waals surface area contributed by atoms with Gasteiger partial charge in [-0.1, -0.05) is 32.6 Å². The van der Waals surface area contributed by atoms with E-state index in [2.05, 4.69) is 17.6 Å². The second-order valence-corrected chi connectivity index (χ2v) is 6.88. The van der Waals surface area contributed by atoms with Gasteiger partial charge in [0.15, 0.2) is 5.96 Å². The zero-order chi connectivity index (χ0) is 16.5. The van der Waals surface area contributed by atoms with E-state index in [0.29, 0.717) is 12.5 Å². The van der Waals surface area contributed by atoms with Crippen molar-refractivity contribution in [2.24, 2.45) is 10.9 Å². The number of nitrogens with one attached hydrogen (secondary N) is 2. The summed E-state index contributed by atoms with van der Waals surface area (Å²) >= 11 is 0. The number of carbonyl (C=O) groups excluding carboxylic acids is 1. The maximum absolute atomic E-state index is 11.8. The fourth-order valence-electron chi connectivity index (χ4n) is 3.71. The number of hydrogen-bond donors (Lipinski definition) is 2. The minimum atomic E-state index is 0.257. The molecule has 2 fully saturated rings. The number of nitrogens with zero attached hydrogens (tertiary/aromatic N) is 2. The van der Waals surface area contributed by atoms with Crippen LogP contribution in [0.2, 0.25) is 0 Å². The average Bonchev–Trinajstić information content (AvgIpc) is 3.22. The molecule has 0 aromatic carbocycles. The molecule has 1 saturated carbocycles. The number of rotatable bonds is 7. The average molecular weight is 322 g/mol. The third-order valence-corrected chi connectivity index (χ3v) is 5.04. The van der Waals surface area contributed by atoms with Gasteiger partial charge in [-0.2, -0.15) is 0 Å². The van der Waals surface area contributed by atoms with E-state index < -0.39 is 0 Å². The first-order valence-electron chi connectivity index (χ1n) is 9.55. The molecule has 2 rings (SSSR count). The first-order chi connectivity index (χ1) is 11.2. The molecule has 1 atom stereocenters. The van der Waals surface area contributed by atoms with Gasteiger partial charge in [-0.3, -0.25) is 9.79 Å². The Hall–Kier alpha value is -1.26. The van der Waals surface area contributed by atoms with Gasteiger partial charge >= 0.3 is 0 Å². The van der Waals surface area contributed by atoms with Gasteiger partial charge in [-0.05, 0) is 32.1 Å². The van der Waals surface area contributed by atoms with E-state index in [0.717, 1.165) is 44.5 Å².